The van der Waals surface area contributed by atoms with Gasteiger partial charge in [0.15, 0.2) is 0 Å². The van der Waals surface area contributed by atoms with E-state index >= 15 is 0 Å². The first kappa shape index (κ1) is 21.2. The van der Waals surface area contributed by atoms with Crippen LogP contribution in [-0.4, -0.2) is 27.9 Å². The Balaban J connectivity index is 0.00000118. The first-order chi connectivity index (χ1) is 10.8. The van der Waals surface area contributed by atoms with Crippen molar-refractivity contribution in [2.75, 3.05) is 5.32 Å². The fourth-order valence-electron chi connectivity index (χ4n) is 1.60. The highest BCUT2D eigenvalue weighted by Gasteiger charge is 2.23. The van der Waals surface area contributed by atoms with Crippen molar-refractivity contribution in [2.45, 2.75) is 52.6 Å². The summed E-state index contributed by atoms with van der Waals surface area (Å²) in [5.74, 6) is 0.422. The molecule has 0 saturated heterocycles. The van der Waals surface area contributed by atoms with Gasteiger partial charge in [-0.15, -0.1) is 0 Å². The van der Waals surface area contributed by atoms with E-state index in [2.05, 4.69) is 22.1 Å². The highest BCUT2D eigenvalue weighted by molar-refractivity contribution is 5.85. The third kappa shape index (κ3) is 8.58. The maximum absolute atomic E-state index is 11.8. The lowest BCUT2D eigenvalue weighted by atomic mass is 9.86. The van der Waals surface area contributed by atoms with Gasteiger partial charge in [0, 0.05) is 11.8 Å². The number of carbonyl (C=O) groups excluding carboxylic acids is 1. The van der Waals surface area contributed by atoms with Gasteiger partial charge in [0.2, 0.25) is 0 Å². The van der Waals surface area contributed by atoms with Crippen molar-refractivity contribution in [3.8, 4) is 6.07 Å². The van der Waals surface area contributed by atoms with E-state index in [1.54, 1.807) is 26.8 Å². The Hall–Kier alpha value is -2.82. The van der Waals surface area contributed by atoms with Crippen LogP contribution in [0.5, 0.6) is 0 Å². The van der Waals surface area contributed by atoms with Crippen LogP contribution in [-0.2, 0) is 10.2 Å². The Morgan fingerprint density at radius 3 is 2.17 bits per heavy atom. The molecule has 0 fully saturated rings. The molecule has 1 aromatic heterocycles. The highest BCUT2D eigenvalue weighted by atomic mass is 16.6. The third-order valence-corrected chi connectivity index (χ3v) is 2.44. The Labute approximate surface area is 141 Å². The first-order valence-corrected chi connectivity index (χ1v) is 7.15. The summed E-state index contributed by atoms with van der Waals surface area (Å²) < 4.78 is 5.21. The number of ether oxygens (including phenoxy) is 1. The minimum atomic E-state index is -1.33. The van der Waals surface area contributed by atoms with Gasteiger partial charge < -0.3 is 15.6 Å². The van der Waals surface area contributed by atoms with E-state index in [9.17, 15) is 4.79 Å². The molecule has 8 nitrogen and oxygen atoms in total. The zero-order valence-corrected chi connectivity index (χ0v) is 14.8. The van der Waals surface area contributed by atoms with Crippen LogP contribution in [0.4, 0.5) is 15.4 Å². The number of amides is 2. The lowest BCUT2D eigenvalue weighted by Crippen LogP contribution is -2.28. The molecule has 0 aromatic carbocycles. The summed E-state index contributed by atoms with van der Waals surface area (Å²) in [4.78, 5) is 24.8. The largest absolute Gasteiger partial charge is 0.465 e. The molecule has 132 valence electrons. The van der Waals surface area contributed by atoms with Crippen LogP contribution in [0.2, 0.25) is 0 Å². The molecule has 0 unspecified atom stereocenters. The fraction of sp³-hybridized carbons (Fsp3) is 0.500. The minimum Gasteiger partial charge on any atom is -0.465 e. The number of anilines is 1. The van der Waals surface area contributed by atoms with Crippen molar-refractivity contribution in [1.82, 2.24) is 4.98 Å². The lowest BCUT2D eigenvalue weighted by molar-refractivity contribution is 0.0635. The Kier molecular flexibility index (Phi) is 7.19. The molecule has 2 amide bonds. The summed E-state index contributed by atoms with van der Waals surface area (Å²) in [5.41, 5.74) is 4.47. The number of carbonyl (C=O) groups is 2. The molecule has 0 saturated carbocycles. The maximum Gasteiger partial charge on any atom is 0.413 e. The lowest BCUT2D eigenvalue weighted by Gasteiger charge is -2.24. The van der Waals surface area contributed by atoms with Gasteiger partial charge in [0.25, 0.3) is 0 Å². The van der Waals surface area contributed by atoms with E-state index in [-0.39, 0.29) is 5.41 Å². The summed E-state index contributed by atoms with van der Waals surface area (Å²) in [7, 11) is 0. The van der Waals surface area contributed by atoms with E-state index in [1.807, 2.05) is 20.8 Å². The van der Waals surface area contributed by atoms with Gasteiger partial charge in [-0.1, -0.05) is 20.8 Å². The Morgan fingerprint density at radius 1 is 1.29 bits per heavy atom. The summed E-state index contributed by atoms with van der Waals surface area (Å²) in [6, 6.07) is 3.79. The van der Waals surface area contributed by atoms with Crippen molar-refractivity contribution in [1.29, 1.82) is 5.26 Å². The molecule has 0 spiro atoms. The average Bonchev–Trinajstić information content (AvgIpc) is 2.34. The molecule has 1 heterocycles. The van der Waals surface area contributed by atoms with E-state index in [4.69, 9.17) is 19.9 Å². The summed E-state index contributed by atoms with van der Waals surface area (Å²) >= 11 is 0. The van der Waals surface area contributed by atoms with Crippen molar-refractivity contribution in [3.63, 3.8) is 0 Å². The number of nitriles is 1. The standard InChI is InChI=1S/C15H21N3O2.CH3NO2/c1-14(2,3)11-7-10(8-16)9-17-12(11)18-13(19)20-15(4,5)6;2-1(3)4/h7,9H,1-6H3,(H,17,18,19);2H2,(H,3,4). The topological polar surface area (TPSA) is 138 Å². The minimum absolute atomic E-state index is 0.246. The van der Waals surface area contributed by atoms with E-state index in [1.165, 1.54) is 6.20 Å². The van der Waals surface area contributed by atoms with E-state index in [0.717, 1.165) is 5.56 Å². The van der Waals surface area contributed by atoms with E-state index in [0.29, 0.717) is 11.4 Å². The second kappa shape index (κ2) is 8.15. The zero-order valence-electron chi connectivity index (χ0n) is 14.8. The number of carboxylic acid groups (broad SMARTS) is 1. The second-order valence-corrected chi connectivity index (χ2v) is 6.95. The Bertz CT molecular complexity index is 633. The van der Waals surface area contributed by atoms with Crippen LogP contribution in [0, 0.1) is 11.3 Å². The van der Waals surface area contributed by atoms with Gasteiger partial charge in [-0.05, 0) is 32.3 Å². The highest BCUT2D eigenvalue weighted by Crippen LogP contribution is 2.29. The van der Waals surface area contributed by atoms with Gasteiger partial charge in [-0.3, -0.25) is 5.32 Å². The summed E-state index contributed by atoms with van der Waals surface area (Å²) in [5, 5.41) is 18.8. The van der Waals surface area contributed by atoms with Crippen LogP contribution < -0.4 is 11.1 Å². The molecular formula is C16H24N4O4. The number of pyridine rings is 1. The molecule has 0 aliphatic carbocycles. The molecule has 0 radical (unpaired) electrons. The summed E-state index contributed by atoms with van der Waals surface area (Å²) in [6.07, 6.45) is -0.456. The molecular weight excluding hydrogens is 312 g/mol. The van der Waals surface area contributed by atoms with Crippen LogP contribution in [0.1, 0.15) is 52.7 Å². The monoisotopic (exact) mass is 336 g/mol. The van der Waals surface area contributed by atoms with Crippen LogP contribution in [0.3, 0.4) is 0 Å². The number of nitrogens with zero attached hydrogens (tertiary/aromatic N) is 2. The number of primary amides is 1. The number of rotatable bonds is 1. The fourth-order valence-corrected chi connectivity index (χ4v) is 1.60. The molecule has 1 rings (SSSR count). The van der Waals surface area contributed by atoms with E-state index < -0.39 is 17.8 Å². The average molecular weight is 336 g/mol. The van der Waals surface area contributed by atoms with Gasteiger partial charge >= 0.3 is 12.2 Å². The smallest absolute Gasteiger partial charge is 0.413 e. The predicted octanol–water partition coefficient (Wildman–Crippen LogP) is 3.22. The quantitative estimate of drug-likeness (QED) is 0.719. The SMILES string of the molecule is CC(C)(C)OC(=O)Nc1ncc(C#N)cc1C(C)(C)C.NC(=O)O. The molecule has 4 N–H and O–H groups in total. The summed E-state index contributed by atoms with van der Waals surface area (Å²) in [6.45, 7) is 11.4. The molecule has 0 bridgehead atoms. The molecule has 0 atom stereocenters. The number of hydrogen-bond donors (Lipinski definition) is 3. The van der Waals surface area contributed by atoms with Gasteiger partial charge in [0.05, 0.1) is 5.56 Å². The maximum atomic E-state index is 11.8. The molecule has 0 aliphatic rings. The van der Waals surface area contributed by atoms with Crippen LogP contribution >= 0.6 is 0 Å². The van der Waals surface area contributed by atoms with Gasteiger partial charge in [-0.25, -0.2) is 14.6 Å². The van der Waals surface area contributed by atoms with Crippen molar-refractivity contribution in [2.24, 2.45) is 5.73 Å². The zero-order chi connectivity index (χ0) is 19.1. The van der Waals surface area contributed by atoms with Gasteiger partial charge in [-0.2, -0.15) is 5.26 Å². The molecule has 1 aromatic rings. The molecule has 8 heteroatoms. The predicted molar refractivity (Wildman–Crippen MR) is 89.7 cm³/mol. The number of hydrogen-bond acceptors (Lipinski definition) is 5. The Morgan fingerprint density at radius 2 is 1.79 bits per heavy atom. The second-order valence-electron chi connectivity index (χ2n) is 6.95. The van der Waals surface area contributed by atoms with Gasteiger partial charge in [0.1, 0.15) is 17.5 Å². The number of nitrogens with two attached hydrogens (primary N) is 1. The van der Waals surface area contributed by atoms with Crippen LogP contribution in [0.25, 0.3) is 0 Å². The first-order valence-electron chi connectivity index (χ1n) is 7.15. The van der Waals surface area contributed by atoms with Crippen molar-refractivity contribution < 1.29 is 19.4 Å². The third-order valence-electron chi connectivity index (χ3n) is 2.44. The molecule has 24 heavy (non-hydrogen) atoms. The normalized spacial score (nSPS) is 10.7. The molecule has 0 aliphatic heterocycles. The number of nitrogens with one attached hydrogen (secondary N) is 1. The number of aromatic nitrogens is 1. The van der Waals surface area contributed by atoms with Crippen molar-refractivity contribution >= 4 is 18.0 Å². The van der Waals surface area contributed by atoms with Crippen LogP contribution in [0.15, 0.2) is 12.3 Å². The van der Waals surface area contributed by atoms with Crippen molar-refractivity contribution in [3.05, 3.63) is 23.4 Å².